The van der Waals surface area contributed by atoms with Crippen LogP contribution in [-0.4, -0.2) is 44.7 Å². The number of aryl methyl sites for hydroxylation is 1. The molecule has 8 nitrogen and oxygen atoms in total. The van der Waals surface area contributed by atoms with Gasteiger partial charge in [-0.2, -0.15) is 0 Å². The summed E-state index contributed by atoms with van der Waals surface area (Å²) >= 11 is 5.99. The Morgan fingerprint density at radius 2 is 1.41 bits per heavy atom. The smallest absolute Gasteiger partial charge is 0.466 e. The molecular formula is C44H59ClF3N3O5. The Kier molecular flexibility index (Phi) is 26.9. The maximum atomic E-state index is 12.2. The van der Waals surface area contributed by atoms with E-state index in [1.807, 2.05) is 75.4 Å². The highest BCUT2D eigenvalue weighted by Crippen LogP contribution is 2.29. The number of nitrogens with one attached hydrogen (secondary N) is 2. The molecule has 0 fully saturated rings. The summed E-state index contributed by atoms with van der Waals surface area (Å²) in [5, 5.41) is 6.53. The van der Waals surface area contributed by atoms with Crippen LogP contribution in [-0.2, 0) is 14.3 Å². The van der Waals surface area contributed by atoms with Gasteiger partial charge in [-0.05, 0) is 116 Å². The minimum Gasteiger partial charge on any atom is -0.466 e. The van der Waals surface area contributed by atoms with Gasteiger partial charge in [0.15, 0.2) is 0 Å². The van der Waals surface area contributed by atoms with Crippen molar-refractivity contribution in [2.45, 2.75) is 92.9 Å². The van der Waals surface area contributed by atoms with Crippen molar-refractivity contribution in [2.75, 3.05) is 25.5 Å². The molecule has 0 saturated heterocycles. The van der Waals surface area contributed by atoms with Gasteiger partial charge in [0, 0.05) is 34.9 Å². The molecule has 1 atom stereocenters. The summed E-state index contributed by atoms with van der Waals surface area (Å²) in [5.74, 6) is -0.585. The van der Waals surface area contributed by atoms with E-state index in [0.29, 0.717) is 29.3 Å². The Bertz CT molecular complexity index is 1670. The van der Waals surface area contributed by atoms with Gasteiger partial charge in [-0.3, -0.25) is 9.59 Å². The van der Waals surface area contributed by atoms with Gasteiger partial charge in [0.1, 0.15) is 12.0 Å². The summed E-state index contributed by atoms with van der Waals surface area (Å²) in [6, 6.07) is 26.4. The predicted molar refractivity (Wildman–Crippen MR) is 224 cm³/mol. The van der Waals surface area contributed by atoms with Gasteiger partial charge in [0.25, 0.3) is 5.91 Å². The lowest BCUT2D eigenvalue weighted by Crippen LogP contribution is -2.26. The number of nitrogens with two attached hydrogens (primary N) is 1. The second-order valence-electron chi connectivity index (χ2n) is 11.8. The molecule has 0 unspecified atom stereocenters. The maximum absolute atomic E-state index is 12.2. The molecule has 0 aromatic heterocycles. The molecule has 0 bridgehead atoms. The van der Waals surface area contributed by atoms with Gasteiger partial charge in [-0.15, -0.1) is 13.2 Å². The van der Waals surface area contributed by atoms with Crippen LogP contribution in [0.4, 0.5) is 24.5 Å². The highest BCUT2D eigenvalue weighted by molar-refractivity contribution is 6.30. The number of rotatable bonds is 14. The van der Waals surface area contributed by atoms with E-state index in [4.69, 9.17) is 16.3 Å². The highest BCUT2D eigenvalue weighted by Gasteiger charge is 2.31. The molecule has 0 saturated carbocycles. The van der Waals surface area contributed by atoms with Crippen molar-refractivity contribution >= 4 is 41.1 Å². The molecule has 308 valence electrons. The van der Waals surface area contributed by atoms with E-state index in [-0.39, 0.29) is 36.5 Å². The van der Waals surface area contributed by atoms with Crippen molar-refractivity contribution in [2.24, 2.45) is 5.73 Å². The first-order chi connectivity index (χ1) is 26.8. The number of esters is 1. The summed E-state index contributed by atoms with van der Waals surface area (Å²) in [4.78, 5) is 34.0. The summed E-state index contributed by atoms with van der Waals surface area (Å²) in [6.07, 6.45) is 0.119. The quantitative estimate of drug-likeness (QED) is 0.0858. The number of carbonyl (C=O) groups excluding carboxylic acids is 3. The normalized spacial score (nSPS) is 10.5. The van der Waals surface area contributed by atoms with Gasteiger partial charge in [-0.1, -0.05) is 89.4 Å². The number of alkyl halides is 3. The second kappa shape index (κ2) is 29.4. The van der Waals surface area contributed by atoms with Gasteiger partial charge in [0.05, 0.1) is 13.0 Å². The SMILES string of the molecule is CC.CCC.CCC[C@H](CC=O)c1ccc(C(=O)NCCC(=O)OCC)cc1.CN.Cc1cc(Cl)ccc1-c1ccc(Nc2ccc(OC(F)(F)F)cc2)cc1. The minimum absolute atomic E-state index is 0.162. The number of ether oxygens (including phenoxy) is 2. The molecule has 12 heteroatoms. The molecule has 4 N–H and O–H groups in total. The van der Waals surface area contributed by atoms with E-state index < -0.39 is 6.36 Å². The Balaban J connectivity index is 0.000000938. The van der Waals surface area contributed by atoms with Gasteiger partial charge < -0.3 is 30.6 Å². The summed E-state index contributed by atoms with van der Waals surface area (Å²) in [5.41, 5.74) is 10.8. The topological polar surface area (TPSA) is 120 Å². The first kappa shape index (κ1) is 51.1. The molecule has 4 rings (SSSR count). The third-order valence-electron chi connectivity index (χ3n) is 7.34. The number of aldehydes is 1. The summed E-state index contributed by atoms with van der Waals surface area (Å²) in [7, 11) is 1.50. The largest absolute Gasteiger partial charge is 0.573 e. The molecule has 4 aromatic rings. The molecule has 56 heavy (non-hydrogen) atoms. The zero-order chi connectivity index (χ0) is 42.5. The van der Waals surface area contributed by atoms with Gasteiger partial charge in [-0.25, -0.2) is 0 Å². The highest BCUT2D eigenvalue weighted by atomic mass is 35.5. The predicted octanol–water partition coefficient (Wildman–Crippen LogP) is 11.8. The van der Waals surface area contributed by atoms with E-state index in [2.05, 4.69) is 41.9 Å². The second-order valence-corrected chi connectivity index (χ2v) is 12.2. The molecule has 0 heterocycles. The van der Waals surface area contributed by atoms with Crippen molar-refractivity contribution in [3.63, 3.8) is 0 Å². The fourth-order valence-corrected chi connectivity index (χ4v) is 5.22. The number of benzene rings is 4. The lowest BCUT2D eigenvalue weighted by molar-refractivity contribution is -0.274. The van der Waals surface area contributed by atoms with Crippen molar-refractivity contribution in [1.29, 1.82) is 0 Å². The first-order valence-electron chi connectivity index (χ1n) is 18.9. The van der Waals surface area contributed by atoms with E-state index in [9.17, 15) is 27.6 Å². The summed E-state index contributed by atoms with van der Waals surface area (Å²) in [6.45, 7) is 14.7. The van der Waals surface area contributed by atoms with Crippen LogP contribution in [0.1, 0.15) is 101 Å². The molecule has 1 amide bonds. The number of carbonyl (C=O) groups is 3. The lowest BCUT2D eigenvalue weighted by Gasteiger charge is -2.14. The van der Waals surface area contributed by atoms with E-state index in [1.54, 1.807) is 19.1 Å². The molecule has 4 aromatic carbocycles. The van der Waals surface area contributed by atoms with Crippen molar-refractivity contribution < 1.29 is 37.0 Å². The molecule has 0 radical (unpaired) electrons. The van der Waals surface area contributed by atoms with Crippen molar-refractivity contribution in [3.8, 4) is 16.9 Å². The fraction of sp³-hybridized carbons (Fsp3) is 0.386. The summed E-state index contributed by atoms with van der Waals surface area (Å²) < 4.78 is 45.2. The fourth-order valence-electron chi connectivity index (χ4n) is 5.00. The minimum atomic E-state index is -4.69. The maximum Gasteiger partial charge on any atom is 0.573 e. The average Bonchev–Trinajstić information content (AvgIpc) is 3.18. The third-order valence-corrected chi connectivity index (χ3v) is 7.58. The zero-order valence-corrected chi connectivity index (χ0v) is 34.7. The Labute approximate surface area is 336 Å². The Morgan fingerprint density at radius 1 is 0.857 bits per heavy atom. The van der Waals surface area contributed by atoms with Crippen LogP contribution in [0.15, 0.2) is 91.0 Å². The van der Waals surface area contributed by atoms with E-state index in [0.717, 1.165) is 47.1 Å². The van der Waals surface area contributed by atoms with E-state index in [1.165, 1.54) is 37.7 Å². The number of halogens is 4. The third kappa shape index (κ3) is 20.7. The lowest BCUT2D eigenvalue weighted by atomic mass is 9.91. The zero-order valence-electron chi connectivity index (χ0n) is 33.9. The molecule has 0 aliphatic carbocycles. The van der Waals surface area contributed by atoms with Gasteiger partial charge in [0.2, 0.25) is 0 Å². The number of hydrogen-bond acceptors (Lipinski definition) is 7. The molecule has 0 spiro atoms. The Hall–Kier alpha value is -4.87. The van der Waals surface area contributed by atoms with Crippen LogP contribution < -0.4 is 21.1 Å². The number of amides is 1. The van der Waals surface area contributed by atoms with Crippen LogP contribution in [0.5, 0.6) is 5.75 Å². The average molecular weight is 802 g/mol. The monoisotopic (exact) mass is 801 g/mol. The Morgan fingerprint density at radius 3 is 1.89 bits per heavy atom. The van der Waals surface area contributed by atoms with Crippen LogP contribution >= 0.6 is 11.6 Å². The molecule has 0 aliphatic heterocycles. The standard InChI is InChI=1S/C20H15ClF3NO.C18H25NO4.C3H8.C2H6.CH5N/c1-13-12-15(21)4-11-19(13)14-2-5-16(6-3-14)25-17-7-9-18(10-8-17)26-20(22,23)24;1-3-5-14(11-13-20)15-6-8-16(9-7-15)18(22)19-12-10-17(21)23-4-2;1-3-2;2*1-2/h2-12,25H,1H3;6-9,13-14H,3-5,10-12H2,1-2H3,(H,19,22);3H2,1-2H3;1-2H3;2H2,1H3/t;14-;;;/m.1.../s1. The van der Waals surface area contributed by atoms with Crippen LogP contribution in [0.2, 0.25) is 5.02 Å². The first-order valence-corrected chi connectivity index (χ1v) is 19.3. The van der Waals surface area contributed by atoms with Crippen LogP contribution in [0.3, 0.4) is 0 Å². The van der Waals surface area contributed by atoms with Gasteiger partial charge >= 0.3 is 12.3 Å². The van der Waals surface area contributed by atoms with Crippen LogP contribution in [0, 0.1) is 6.92 Å². The molecular weight excluding hydrogens is 743 g/mol. The van der Waals surface area contributed by atoms with Crippen molar-refractivity contribution in [3.05, 3.63) is 113 Å². The number of anilines is 2. The van der Waals surface area contributed by atoms with E-state index >= 15 is 0 Å². The molecule has 0 aliphatic rings. The van der Waals surface area contributed by atoms with Crippen LogP contribution in [0.25, 0.3) is 11.1 Å². The van der Waals surface area contributed by atoms with Crippen molar-refractivity contribution in [1.82, 2.24) is 5.32 Å². The number of hydrogen-bond donors (Lipinski definition) is 3.